The highest BCUT2D eigenvalue weighted by Gasteiger charge is 2.20. The van der Waals surface area contributed by atoms with Crippen LogP contribution in [0.25, 0.3) is 0 Å². The predicted molar refractivity (Wildman–Crippen MR) is 89.1 cm³/mol. The molecule has 1 saturated heterocycles. The van der Waals surface area contributed by atoms with E-state index in [9.17, 15) is 9.59 Å². The number of anilines is 2. The van der Waals surface area contributed by atoms with E-state index in [-0.39, 0.29) is 17.7 Å². The fourth-order valence-corrected chi connectivity index (χ4v) is 2.49. The Morgan fingerprint density at radius 3 is 2.48 bits per heavy atom. The van der Waals surface area contributed by atoms with Crippen molar-refractivity contribution < 1.29 is 9.59 Å². The van der Waals surface area contributed by atoms with Crippen molar-refractivity contribution in [1.29, 1.82) is 0 Å². The summed E-state index contributed by atoms with van der Waals surface area (Å²) in [6.07, 6.45) is 2.04. The number of hydrogen-bond acceptors (Lipinski definition) is 5. The molecule has 0 spiro atoms. The molecule has 0 bridgehead atoms. The van der Waals surface area contributed by atoms with Gasteiger partial charge in [0.2, 0.25) is 11.8 Å². The van der Waals surface area contributed by atoms with E-state index in [1.54, 1.807) is 13.0 Å². The number of hydrogen-bond donors (Lipinski definition) is 2. The van der Waals surface area contributed by atoms with Crippen LogP contribution in [-0.4, -0.2) is 41.6 Å². The van der Waals surface area contributed by atoms with Crippen LogP contribution in [0.4, 0.5) is 11.6 Å². The second-order valence-electron chi connectivity index (χ2n) is 6.29. The Kier molecular flexibility index (Phi) is 5.90. The van der Waals surface area contributed by atoms with Gasteiger partial charge < -0.3 is 15.5 Å². The Morgan fingerprint density at radius 2 is 1.96 bits per heavy atom. The van der Waals surface area contributed by atoms with Gasteiger partial charge in [-0.15, -0.1) is 10.2 Å². The van der Waals surface area contributed by atoms with Gasteiger partial charge >= 0.3 is 0 Å². The van der Waals surface area contributed by atoms with Crippen LogP contribution >= 0.6 is 0 Å². The summed E-state index contributed by atoms with van der Waals surface area (Å²) < 4.78 is 0. The Labute approximate surface area is 136 Å². The van der Waals surface area contributed by atoms with Gasteiger partial charge in [-0.1, -0.05) is 13.8 Å². The van der Waals surface area contributed by atoms with E-state index in [0.717, 1.165) is 38.3 Å². The molecule has 2 heterocycles. The third-order valence-electron chi connectivity index (χ3n) is 4.00. The van der Waals surface area contributed by atoms with Crippen molar-refractivity contribution in [1.82, 2.24) is 15.5 Å². The summed E-state index contributed by atoms with van der Waals surface area (Å²) in [5, 5.41) is 13.9. The fourth-order valence-electron chi connectivity index (χ4n) is 2.49. The first-order valence-corrected chi connectivity index (χ1v) is 8.09. The van der Waals surface area contributed by atoms with Gasteiger partial charge in [0.15, 0.2) is 11.6 Å². The van der Waals surface area contributed by atoms with Crippen LogP contribution in [0.2, 0.25) is 0 Å². The Bertz CT molecular complexity index is 536. The molecular weight excluding hydrogens is 294 g/mol. The van der Waals surface area contributed by atoms with Crippen LogP contribution in [0.15, 0.2) is 12.1 Å². The highest BCUT2D eigenvalue weighted by atomic mass is 16.2. The maximum Gasteiger partial charge on any atom is 0.228 e. The molecule has 0 radical (unpaired) electrons. The maximum absolute atomic E-state index is 11.6. The van der Waals surface area contributed by atoms with Crippen molar-refractivity contribution in [2.24, 2.45) is 11.8 Å². The van der Waals surface area contributed by atoms with E-state index in [0.29, 0.717) is 11.7 Å². The summed E-state index contributed by atoms with van der Waals surface area (Å²) in [5.74, 6) is 1.70. The van der Waals surface area contributed by atoms with Crippen molar-refractivity contribution >= 4 is 23.5 Å². The summed E-state index contributed by atoms with van der Waals surface area (Å²) in [4.78, 5) is 24.8. The minimum absolute atomic E-state index is 0.0253. The molecule has 0 atom stereocenters. The van der Waals surface area contributed by atoms with E-state index in [1.165, 1.54) is 0 Å². The summed E-state index contributed by atoms with van der Waals surface area (Å²) in [5.41, 5.74) is 0. The minimum atomic E-state index is -0.0842. The lowest BCUT2D eigenvalue weighted by molar-refractivity contribution is -0.119. The molecule has 1 aromatic rings. The molecule has 1 aromatic heterocycles. The lowest BCUT2D eigenvalue weighted by Crippen LogP contribution is -2.38. The summed E-state index contributed by atoms with van der Waals surface area (Å²) in [7, 11) is 0. The van der Waals surface area contributed by atoms with Gasteiger partial charge in [-0.3, -0.25) is 9.59 Å². The molecule has 126 valence electrons. The molecule has 7 nitrogen and oxygen atoms in total. The number of carbonyl (C=O) groups is 2. The van der Waals surface area contributed by atoms with Crippen LogP contribution in [0.3, 0.4) is 0 Å². The number of aromatic nitrogens is 2. The molecule has 2 N–H and O–H groups in total. The van der Waals surface area contributed by atoms with Crippen molar-refractivity contribution in [2.45, 2.75) is 33.6 Å². The zero-order valence-corrected chi connectivity index (χ0v) is 14.0. The summed E-state index contributed by atoms with van der Waals surface area (Å²) >= 11 is 0. The molecule has 2 amide bonds. The molecule has 1 aliphatic heterocycles. The van der Waals surface area contributed by atoms with Crippen molar-refractivity contribution in [2.75, 3.05) is 29.9 Å². The van der Waals surface area contributed by atoms with Crippen LogP contribution in [0.1, 0.15) is 33.6 Å². The largest absolute Gasteiger partial charge is 0.356 e. The highest BCUT2D eigenvalue weighted by molar-refractivity contribution is 5.91. The number of carbonyl (C=O) groups excluding carboxylic acids is 2. The topological polar surface area (TPSA) is 87.2 Å². The van der Waals surface area contributed by atoms with Gasteiger partial charge in [-0.25, -0.2) is 0 Å². The number of nitrogens with zero attached hydrogens (tertiary/aromatic N) is 3. The smallest absolute Gasteiger partial charge is 0.228 e. The SMILES string of the molecule is CC(=O)NCC1CCN(c2ccc(NC(=O)C(C)C)nn2)CC1. The lowest BCUT2D eigenvalue weighted by atomic mass is 9.97. The van der Waals surface area contributed by atoms with E-state index < -0.39 is 0 Å². The van der Waals surface area contributed by atoms with Crippen LogP contribution < -0.4 is 15.5 Å². The summed E-state index contributed by atoms with van der Waals surface area (Å²) in [6.45, 7) is 7.76. The first-order chi connectivity index (χ1) is 11.0. The van der Waals surface area contributed by atoms with Crippen molar-refractivity contribution in [3.8, 4) is 0 Å². The average Bonchev–Trinajstić information content (AvgIpc) is 2.54. The van der Waals surface area contributed by atoms with Crippen LogP contribution in [0.5, 0.6) is 0 Å². The molecular formula is C16H25N5O2. The number of rotatable bonds is 5. The molecule has 0 aromatic carbocycles. The molecule has 2 rings (SSSR count). The monoisotopic (exact) mass is 319 g/mol. The first kappa shape index (κ1) is 17.2. The first-order valence-electron chi connectivity index (χ1n) is 8.09. The predicted octanol–water partition coefficient (Wildman–Crippen LogP) is 1.42. The Morgan fingerprint density at radius 1 is 1.26 bits per heavy atom. The van der Waals surface area contributed by atoms with Gasteiger partial charge in [0.05, 0.1) is 0 Å². The van der Waals surface area contributed by atoms with Crippen molar-refractivity contribution in [3.63, 3.8) is 0 Å². The molecule has 0 unspecified atom stereocenters. The van der Waals surface area contributed by atoms with E-state index in [4.69, 9.17) is 0 Å². The van der Waals surface area contributed by atoms with E-state index in [2.05, 4.69) is 25.7 Å². The molecule has 0 saturated carbocycles. The average molecular weight is 319 g/mol. The maximum atomic E-state index is 11.6. The number of nitrogens with one attached hydrogen (secondary N) is 2. The molecule has 1 fully saturated rings. The normalized spacial score (nSPS) is 15.6. The molecule has 23 heavy (non-hydrogen) atoms. The third-order valence-corrected chi connectivity index (χ3v) is 4.00. The molecule has 1 aliphatic rings. The zero-order chi connectivity index (χ0) is 16.8. The lowest BCUT2D eigenvalue weighted by Gasteiger charge is -2.32. The Hall–Kier alpha value is -2.18. The van der Waals surface area contributed by atoms with Crippen LogP contribution in [0, 0.1) is 11.8 Å². The number of amides is 2. The zero-order valence-electron chi connectivity index (χ0n) is 14.0. The van der Waals surface area contributed by atoms with Gasteiger partial charge in [0, 0.05) is 32.5 Å². The minimum Gasteiger partial charge on any atom is -0.356 e. The van der Waals surface area contributed by atoms with Crippen molar-refractivity contribution in [3.05, 3.63) is 12.1 Å². The quantitative estimate of drug-likeness (QED) is 0.857. The van der Waals surface area contributed by atoms with E-state index >= 15 is 0 Å². The van der Waals surface area contributed by atoms with Gasteiger partial charge in [0.1, 0.15) is 0 Å². The van der Waals surface area contributed by atoms with Gasteiger partial charge in [-0.2, -0.15) is 0 Å². The third kappa shape index (κ3) is 5.19. The highest BCUT2D eigenvalue weighted by Crippen LogP contribution is 2.21. The summed E-state index contributed by atoms with van der Waals surface area (Å²) in [6, 6.07) is 3.67. The van der Waals surface area contributed by atoms with Crippen LogP contribution in [-0.2, 0) is 9.59 Å². The van der Waals surface area contributed by atoms with Gasteiger partial charge in [-0.05, 0) is 30.9 Å². The second-order valence-corrected chi connectivity index (χ2v) is 6.29. The van der Waals surface area contributed by atoms with E-state index in [1.807, 2.05) is 19.9 Å². The molecule has 0 aliphatic carbocycles. The fraction of sp³-hybridized carbons (Fsp3) is 0.625. The van der Waals surface area contributed by atoms with Gasteiger partial charge in [0.25, 0.3) is 0 Å². The second kappa shape index (κ2) is 7.89. The Balaban J connectivity index is 1.84. The number of piperidine rings is 1. The molecule has 7 heteroatoms. The standard InChI is InChI=1S/C16H25N5O2/c1-11(2)16(23)18-14-4-5-15(20-19-14)21-8-6-13(7-9-21)10-17-12(3)22/h4-5,11,13H,6-10H2,1-3H3,(H,17,22)(H,18,19,23).